The summed E-state index contributed by atoms with van der Waals surface area (Å²) in [6, 6.07) is -1.93. The lowest BCUT2D eigenvalue weighted by molar-refractivity contribution is -0.219. The van der Waals surface area contributed by atoms with Crippen LogP contribution in [0.15, 0.2) is 10.5 Å². The number of ether oxygens (including phenoxy) is 1. The van der Waals surface area contributed by atoms with Crippen molar-refractivity contribution in [1.82, 2.24) is 15.2 Å². The number of nitrogen functional groups attached to an aromatic ring is 1. The molecule has 0 radical (unpaired) electrons. The number of amides is 2. The molecule has 3 rings (SSSR count). The molecule has 2 amide bonds. The minimum absolute atomic E-state index is 0.00201. The number of nitrogens with one attached hydrogen (secondary N) is 2. The Hall–Kier alpha value is -3.20. The van der Waals surface area contributed by atoms with Crippen LogP contribution < -0.4 is 11.1 Å². The van der Waals surface area contributed by atoms with Gasteiger partial charge in [-0.15, -0.1) is 11.3 Å². The Morgan fingerprint density at radius 3 is 2.84 bits per heavy atom. The molecule has 0 aliphatic carbocycles. The third-order valence-corrected chi connectivity index (χ3v) is 6.21. The van der Waals surface area contributed by atoms with E-state index in [2.05, 4.69) is 28.1 Å². The fourth-order valence-electron chi connectivity index (χ4n) is 3.62. The Kier molecular flexibility index (Phi) is 6.68. The van der Waals surface area contributed by atoms with E-state index in [0.717, 1.165) is 22.5 Å². The van der Waals surface area contributed by atoms with Crippen LogP contribution >= 0.6 is 24.0 Å². The van der Waals surface area contributed by atoms with Crippen molar-refractivity contribution in [2.45, 2.75) is 31.2 Å². The van der Waals surface area contributed by atoms with E-state index in [-0.39, 0.29) is 35.3 Å². The number of nitrogens with two attached hydrogens (primary N) is 1. The molecule has 2 aliphatic heterocycles. The van der Waals surface area contributed by atoms with Crippen LogP contribution in [0.1, 0.15) is 19.0 Å². The van der Waals surface area contributed by atoms with Crippen molar-refractivity contribution >= 4 is 64.8 Å². The van der Waals surface area contributed by atoms with E-state index in [9.17, 15) is 24.3 Å². The molecule has 0 saturated carbocycles. The van der Waals surface area contributed by atoms with Crippen molar-refractivity contribution in [3.63, 3.8) is 0 Å². The van der Waals surface area contributed by atoms with Crippen molar-refractivity contribution in [3.8, 4) is 0 Å². The number of β-lactam (4-membered cyclic amide) rings is 1. The zero-order valence-electron chi connectivity index (χ0n) is 16.7. The number of carboxylic acids is 1. The quantitative estimate of drug-likeness (QED) is 0.0735. The number of carbonyl (C=O) groups excluding carboxylic acids is 3. The number of hydrogen-bond donors (Lipinski definition) is 5. The highest BCUT2D eigenvalue weighted by Gasteiger charge is 2.67. The van der Waals surface area contributed by atoms with Gasteiger partial charge in [0.15, 0.2) is 17.5 Å². The first-order chi connectivity index (χ1) is 15.2. The molecule has 1 aromatic heterocycles. The normalized spacial score (nSPS) is 27.5. The molecular formula is C17H20N6O7S2. The third kappa shape index (κ3) is 3.88. The number of aromatic nitrogens is 1. The second-order valence-electron chi connectivity index (χ2n) is 6.97. The number of aliphatic carboxylic acids is 1. The van der Waals surface area contributed by atoms with Gasteiger partial charge in [0, 0.05) is 17.5 Å². The van der Waals surface area contributed by atoms with Crippen LogP contribution in [-0.4, -0.2) is 80.8 Å². The summed E-state index contributed by atoms with van der Waals surface area (Å²) in [6.45, 7) is 1.32. The largest absolute Gasteiger partial charge is 0.477 e. The predicted molar refractivity (Wildman–Crippen MR) is 114 cm³/mol. The Labute approximate surface area is 190 Å². The molecule has 4 atom stereocenters. The molecule has 13 nitrogen and oxygen atoms in total. The van der Waals surface area contributed by atoms with E-state index in [1.54, 1.807) is 0 Å². The topological polar surface area (TPSA) is 197 Å². The standard InChI is InChI=1S/C17H20N6O7S2/c1-7-11(14(26)23(7)17(15(27)28)8(5-31)4-10(24)30-17)21-13(25)12(22-29-3-2-18)9-6-32-16(19)20-9/h2,6-8,11,18,31H,3-5H2,1H3,(H2,19,20)(H,21,25)(H,27,28)/b18-2?,22-12-/t7-,8+,11+,17-/m1/s1. The maximum Gasteiger partial charge on any atom is 0.370 e. The summed E-state index contributed by atoms with van der Waals surface area (Å²) in [5.41, 5.74) is 3.24. The van der Waals surface area contributed by atoms with Gasteiger partial charge in [0.1, 0.15) is 11.7 Å². The average molecular weight is 485 g/mol. The first kappa shape index (κ1) is 23.5. The van der Waals surface area contributed by atoms with Gasteiger partial charge >= 0.3 is 11.9 Å². The molecular weight excluding hydrogens is 464 g/mol. The number of cyclic esters (lactones) is 1. The summed E-state index contributed by atoms with van der Waals surface area (Å²) in [7, 11) is 0. The van der Waals surface area contributed by atoms with Crippen LogP contribution in [0, 0.1) is 11.3 Å². The Bertz CT molecular complexity index is 998. The highest BCUT2D eigenvalue weighted by Crippen LogP contribution is 2.42. The monoisotopic (exact) mass is 484 g/mol. The first-order valence-corrected chi connectivity index (χ1v) is 10.8. The van der Waals surface area contributed by atoms with Gasteiger partial charge in [-0.25, -0.2) is 9.78 Å². The number of oxime groups is 1. The van der Waals surface area contributed by atoms with E-state index < -0.39 is 47.5 Å². The Balaban J connectivity index is 1.81. The molecule has 15 heteroatoms. The fraction of sp³-hybridized carbons (Fsp3) is 0.471. The average Bonchev–Trinajstić information content (AvgIpc) is 3.32. The molecule has 172 valence electrons. The van der Waals surface area contributed by atoms with Crippen molar-refractivity contribution in [1.29, 1.82) is 5.41 Å². The van der Waals surface area contributed by atoms with Gasteiger partial charge in [-0.1, -0.05) is 5.16 Å². The van der Waals surface area contributed by atoms with Crippen LogP contribution in [-0.2, 0) is 28.8 Å². The minimum Gasteiger partial charge on any atom is -0.477 e. The van der Waals surface area contributed by atoms with Gasteiger partial charge < -0.3 is 31.1 Å². The van der Waals surface area contributed by atoms with Crippen LogP contribution in [0.25, 0.3) is 0 Å². The number of carboxylic acid groups (broad SMARTS) is 1. The van der Waals surface area contributed by atoms with E-state index in [1.165, 1.54) is 12.3 Å². The summed E-state index contributed by atoms with van der Waals surface area (Å²) in [4.78, 5) is 59.4. The molecule has 32 heavy (non-hydrogen) atoms. The van der Waals surface area contributed by atoms with E-state index >= 15 is 0 Å². The van der Waals surface area contributed by atoms with Gasteiger partial charge in [0.25, 0.3) is 17.5 Å². The smallest absolute Gasteiger partial charge is 0.370 e. The maximum atomic E-state index is 12.9. The van der Waals surface area contributed by atoms with Crippen molar-refractivity contribution in [2.24, 2.45) is 11.1 Å². The number of carbonyl (C=O) groups is 4. The molecule has 0 spiro atoms. The van der Waals surface area contributed by atoms with Crippen LogP contribution in [0.4, 0.5) is 5.13 Å². The molecule has 0 aromatic carbocycles. The van der Waals surface area contributed by atoms with Gasteiger partial charge in [0.05, 0.1) is 12.5 Å². The Morgan fingerprint density at radius 2 is 2.31 bits per heavy atom. The minimum atomic E-state index is -2.19. The van der Waals surface area contributed by atoms with Crippen LogP contribution in [0.3, 0.4) is 0 Å². The summed E-state index contributed by atoms with van der Waals surface area (Å²) < 4.78 is 5.11. The summed E-state index contributed by atoms with van der Waals surface area (Å²) in [6.07, 6.45) is 0.728. The molecule has 0 bridgehead atoms. The SMILES string of the molecule is C[C@@H]1[C@H](NC(=O)/C(=N\OCC=N)c2csc(N)n2)C(=O)N1[C@@]1(C(=O)O)OC(=O)C[C@H]1CS. The first-order valence-electron chi connectivity index (χ1n) is 9.27. The second kappa shape index (κ2) is 9.12. The highest BCUT2D eigenvalue weighted by molar-refractivity contribution is 7.80. The van der Waals surface area contributed by atoms with Gasteiger partial charge in [-0.3, -0.25) is 19.3 Å². The molecule has 5 N–H and O–H groups in total. The molecule has 2 saturated heterocycles. The van der Waals surface area contributed by atoms with Crippen molar-refractivity contribution in [2.75, 3.05) is 18.1 Å². The number of anilines is 1. The number of hydrogen-bond acceptors (Lipinski definition) is 12. The summed E-state index contributed by atoms with van der Waals surface area (Å²) in [5, 5.41) is 24.6. The zero-order valence-corrected chi connectivity index (χ0v) is 18.4. The molecule has 2 aliphatic rings. The molecule has 0 unspecified atom stereocenters. The number of esters is 1. The fourth-order valence-corrected chi connectivity index (χ4v) is 4.54. The molecule has 3 heterocycles. The lowest BCUT2D eigenvalue weighted by Gasteiger charge is -2.52. The van der Waals surface area contributed by atoms with E-state index in [4.69, 9.17) is 20.7 Å². The number of likely N-dealkylation sites (tertiary alicyclic amines) is 1. The highest BCUT2D eigenvalue weighted by atomic mass is 32.1. The van der Waals surface area contributed by atoms with Gasteiger partial charge in [0.2, 0.25) is 0 Å². The predicted octanol–water partition coefficient (Wildman–Crippen LogP) is -0.915. The number of thiol groups is 1. The van der Waals surface area contributed by atoms with Gasteiger partial charge in [-0.2, -0.15) is 12.6 Å². The lowest BCUT2D eigenvalue weighted by atomic mass is 9.86. The van der Waals surface area contributed by atoms with Crippen molar-refractivity contribution < 1.29 is 33.9 Å². The van der Waals surface area contributed by atoms with Crippen molar-refractivity contribution in [3.05, 3.63) is 11.1 Å². The molecule has 2 fully saturated rings. The number of nitrogens with zero attached hydrogens (tertiary/aromatic N) is 3. The van der Waals surface area contributed by atoms with Crippen LogP contribution in [0.2, 0.25) is 0 Å². The Morgan fingerprint density at radius 1 is 1.59 bits per heavy atom. The van der Waals surface area contributed by atoms with E-state index in [1.807, 2.05) is 0 Å². The number of rotatable bonds is 9. The molecule has 1 aromatic rings. The van der Waals surface area contributed by atoms with E-state index in [0.29, 0.717) is 0 Å². The third-order valence-electron chi connectivity index (χ3n) is 5.09. The lowest BCUT2D eigenvalue weighted by Crippen LogP contribution is -2.79. The maximum absolute atomic E-state index is 12.9. The zero-order chi connectivity index (χ0) is 23.6. The summed E-state index contributed by atoms with van der Waals surface area (Å²) in [5.74, 6) is -4.66. The van der Waals surface area contributed by atoms with Crippen LogP contribution in [0.5, 0.6) is 0 Å². The van der Waals surface area contributed by atoms with Gasteiger partial charge in [-0.05, 0) is 12.7 Å². The summed E-state index contributed by atoms with van der Waals surface area (Å²) >= 11 is 5.16. The number of thiazole rings is 1. The second-order valence-corrected chi connectivity index (χ2v) is 8.22.